The fourth-order valence-electron chi connectivity index (χ4n) is 1.74. The Morgan fingerprint density at radius 2 is 1.83 bits per heavy atom. The lowest BCUT2D eigenvalue weighted by Crippen LogP contribution is -2.14. The van der Waals surface area contributed by atoms with Gasteiger partial charge in [0.15, 0.2) is 5.78 Å². The van der Waals surface area contributed by atoms with Gasteiger partial charge in [0.25, 0.3) is 0 Å². The number of carbonyl (C=O) groups is 2. The molecule has 1 unspecified atom stereocenters. The molecule has 0 aliphatic carbocycles. The molecule has 18 heavy (non-hydrogen) atoms. The van der Waals surface area contributed by atoms with Crippen LogP contribution in [0.3, 0.4) is 0 Å². The van der Waals surface area contributed by atoms with Crippen LogP contribution in [-0.2, 0) is 4.79 Å². The van der Waals surface area contributed by atoms with Gasteiger partial charge in [0.2, 0.25) is 0 Å². The van der Waals surface area contributed by atoms with E-state index in [0.717, 1.165) is 12.2 Å². The van der Waals surface area contributed by atoms with Crippen molar-refractivity contribution in [2.75, 3.05) is 6.61 Å². The lowest BCUT2D eigenvalue weighted by Gasteiger charge is -2.09. The fraction of sp³-hybridized carbons (Fsp3) is 0.467. The van der Waals surface area contributed by atoms with Crippen molar-refractivity contribution in [1.82, 2.24) is 0 Å². The van der Waals surface area contributed by atoms with E-state index in [0.29, 0.717) is 18.6 Å². The third-order valence-electron chi connectivity index (χ3n) is 2.65. The predicted molar refractivity (Wildman–Crippen MR) is 71.0 cm³/mol. The van der Waals surface area contributed by atoms with Gasteiger partial charge in [-0.05, 0) is 37.6 Å². The van der Waals surface area contributed by atoms with Crippen LogP contribution in [0.5, 0.6) is 5.75 Å². The molecule has 0 heterocycles. The minimum Gasteiger partial charge on any atom is -0.494 e. The van der Waals surface area contributed by atoms with Crippen molar-refractivity contribution in [1.29, 1.82) is 0 Å². The highest BCUT2D eigenvalue weighted by atomic mass is 16.5. The maximum Gasteiger partial charge on any atom is 0.166 e. The Morgan fingerprint density at radius 1 is 1.22 bits per heavy atom. The quantitative estimate of drug-likeness (QED) is 0.695. The normalized spacial score (nSPS) is 11.9. The number of hydrogen-bond donors (Lipinski definition) is 0. The summed E-state index contributed by atoms with van der Waals surface area (Å²) < 4.78 is 5.45. The molecule has 0 N–H and O–H groups in total. The first-order valence-electron chi connectivity index (χ1n) is 6.31. The van der Waals surface area contributed by atoms with Gasteiger partial charge >= 0.3 is 0 Å². The first-order valence-corrected chi connectivity index (χ1v) is 6.31. The van der Waals surface area contributed by atoms with E-state index in [1.165, 1.54) is 6.92 Å². The molecule has 98 valence electrons. The van der Waals surface area contributed by atoms with Crippen molar-refractivity contribution in [3.05, 3.63) is 29.8 Å². The molecule has 3 nitrogen and oxygen atoms in total. The molecule has 0 aliphatic heterocycles. The number of ether oxygens (including phenoxy) is 1. The molecule has 0 aliphatic rings. The number of ketones is 2. The molecule has 1 aromatic rings. The number of hydrogen-bond acceptors (Lipinski definition) is 3. The van der Waals surface area contributed by atoms with Crippen molar-refractivity contribution >= 4 is 11.6 Å². The zero-order valence-electron chi connectivity index (χ0n) is 11.2. The van der Waals surface area contributed by atoms with Gasteiger partial charge < -0.3 is 9.53 Å². The Balaban J connectivity index is 2.66. The molecule has 0 saturated heterocycles. The molecule has 0 amide bonds. The molecule has 3 heteroatoms. The van der Waals surface area contributed by atoms with Crippen LogP contribution in [0.4, 0.5) is 0 Å². The first-order chi connectivity index (χ1) is 8.54. The SMILES string of the molecule is CCCOc1ccc(C(=O)C(C)CC(C)=O)cc1. The summed E-state index contributed by atoms with van der Waals surface area (Å²) in [6.45, 7) is 6.01. The standard InChI is InChI=1S/C15H20O3/c1-4-9-18-14-7-5-13(6-8-14)15(17)11(2)10-12(3)16/h5-8,11H,4,9-10H2,1-3H3. The topological polar surface area (TPSA) is 43.4 Å². The highest BCUT2D eigenvalue weighted by molar-refractivity contribution is 5.99. The molecule has 0 aromatic heterocycles. The van der Waals surface area contributed by atoms with E-state index in [1.807, 2.05) is 6.92 Å². The van der Waals surface area contributed by atoms with E-state index in [2.05, 4.69) is 0 Å². The Bertz CT molecular complexity index is 406. The van der Waals surface area contributed by atoms with Crippen molar-refractivity contribution in [3.8, 4) is 5.75 Å². The monoisotopic (exact) mass is 248 g/mol. The van der Waals surface area contributed by atoms with Crippen LogP contribution in [0.25, 0.3) is 0 Å². The van der Waals surface area contributed by atoms with Gasteiger partial charge in [-0.25, -0.2) is 0 Å². The second kappa shape index (κ2) is 6.94. The van der Waals surface area contributed by atoms with E-state index >= 15 is 0 Å². The summed E-state index contributed by atoms with van der Waals surface area (Å²) in [6.07, 6.45) is 1.25. The van der Waals surface area contributed by atoms with Crippen molar-refractivity contribution in [3.63, 3.8) is 0 Å². The van der Waals surface area contributed by atoms with Gasteiger partial charge in [-0.1, -0.05) is 13.8 Å². The molecule has 0 spiro atoms. The van der Waals surface area contributed by atoms with Gasteiger partial charge in [-0.2, -0.15) is 0 Å². The average molecular weight is 248 g/mol. The molecule has 1 aromatic carbocycles. The zero-order valence-corrected chi connectivity index (χ0v) is 11.2. The summed E-state index contributed by atoms with van der Waals surface area (Å²) in [7, 11) is 0. The van der Waals surface area contributed by atoms with Crippen LogP contribution < -0.4 is 4.74 Å². The number of rotatable bonds is 7. The van der Waals surface area contributed by atoms with Crippen LogP contribution in [0, 0.1) is 5.92 Å². The summed E-state index contributed by atoms with van der Waals surface area (Å²) in [4.78, 5) is 23.0. The van der Waals surface area contributed by atoms with Crippen LogP contribution in [0.1, 0.15) is 44.0 Å². The highest BCUT2D eigenvalue weighted by Gasteiger charge is 2.16. The molecule has 0 bridgehead atoms. The maximum absolute atomic E-state index is 12.0. The molecule has 0 saturated carbocycles. The Labute approximate surface area is 108 Å². The van der Waals surface area contributed by atoms with Gasteiger partial charge in [0, 0.05) is 17.9 Å². The molecular weight excluding hydrogens is 228 g/mol. The lowest BCUT2D eigenvalue weighted by molar-refractivity contribution is -0.117. The second-order valence-electron chi connectivity index (χ2n) is 4.54. The van der Waals surface area contributed by atoms with E-state index in [-0.39, 0.29) is 17.5 Å². The lowest BCUT2D eigenvalue weighted by atomic mass is 9.95. The smallest absolute Gasteiger partial charge is 0.166 e. The summed E-state index contributed by atoms with van der Waals surface area (Å²) >= 11 is 0. The Kier molecular flexibility index (Phi) is 5.56. The highest BCUT2D eigenvalue weighted by Crippen LogP contribution is 2.17. The summed E-state index contributed by atoms with van der Waals surface area (Å²) in [6, 6.07) is 7.10. The van der Waals surface area contributed by atoms with Crippen LogP contribution in [-0.4, -0.2) is 18.2 Å². The first kappa shape index (κ1) is 14.4. The van der Waals surface area contributed by atoms with Crippen LogP contribution >= 0.6 is 0 Å². The van der Waals surface area contributed by atoms with Crippen LogP contribution in [0.15, 0.2) is 24.3 Å². The largest absolute Gasteiger partial charge is 0.494 e. The van der Waals surface area contributed by atoms with Gasteiger partial charge in [-0.3, -0.25) is 4.79 Å². The third kappa shape index (κ3) is 4.32. The molecular formula is C15H20O3. The minimum absolute atomic E-state index is 0.00671. The van der Waals surface area contributed by atoms with E-state index in [9.17, 15) is 9.59 Å². The van der Waals surface area contributed by atoms with E-state index in [4.69, 9.17) is 4.74 Å². The minimum atomic E-state index is -0.259. The summed E-state index contributed by atoms with van der Waals surface area (Å²) in [5.74, 6) is 0.559. The van der Waals surface area contributed by atoms with Crippen molar-refractivity contribution < 1.29 is 14.3 Å². The van der Waals surface area contributed by atoms with Gasteiger partial charge in [0.1, 0.15) is 11.5 Å². The van der Waals surface area contributed by atoms with Gasteiger partial charge in [-0.15, -0.1) is 0 Å². The van der Waals surface area contributed by atoms with Crippen LogP contribution in [0.2, 0.25) is 0 Å². The average Bonchev–Trinajstić information content (AvgIpc) is 2.35. The predicted octanol–water partition coefficient (Wildman–Crippen LogP) is 3.27. The summed E-state index contributed by atoms with van der Waals surface area (Å²) in [5, 5.41) is 0. The van der Waals surface area contributed by atoms with E-state index < -0.39 is 0 Å². The molecule has 0 fully saturated rings. The fourth-order valence-corrected chi connectivity index (χ4v) is 1.74. The summed E-state index contributed by atoms with van der Waals surface area (Å²) in [5.41, 5.74) is 0.632. The van der Waals surface area contributed by atoms with Gasteiger partial charge in [0.05, 0.1) is 6.61 Å². The molecule has 1 rings (SSSR count). The third-order valence-corrected chi connectivity index (χ3v) is 2.65. The number of benzene rings is 1. The second-order valence-corrected chi connectivity index (χ2v) is 4.54. The number of carbonyl (C=O) groups excluding carboxylic acids is 2. The van der Waals surface area contributed by atoms with Crippen molar-refractivity contribution in [2.24, 2.45) is 5.92 Å². The van der Waals surface area contributed by atoms with E-state index in [1.54, 1.807) is 31.2 Å². The zero-order chi connectivity index (χ0) is 13.5. The molecule has 1 atom stereocenters. The maximum atomic E-state index is 12.0. The number of Topliss-reactive ketones (excluding diaryl/α,β-unsaturated/α-hetero) is 2. The Morgan fingerprint density at radius 3 is 2.33 bits per heavy atom. The van der Waals surface area contributed by atoms with Crippen molar-refractivity contribution in [2.45, 2.75) is 33.6 Å². The Hall–Kier alpha value is -1.64. The molecule has 0 radical (unpaired) electrons.